The molecule has 0 bridgehead atoms. The average molecular weight is 177 g/mol. The number of nitrogens with zero attached hydrogens (tertiary/aromatic N) is 1. The standard InChI is InChI=1S/C10H11NO2/c1-4-8-5-6-11-7(2)9(8)10(12)13-3/h4-6H,1H2,2-3H3. The van der Waals surface area contributed by atoms with Gasteiger partial charge < -0.3 is 4.74 Å². The molecule has 13 heavy (non-hydrogen) atoms. The summed E-state index contributed by atoms with van der Waals surface area (Å²) in [4.78, 5) is 15.3. The Morgan fingerprint density at radius 1 is 1.69 bits per heavy atom. The molecule has 0 saturated heterocycles. The van der Waals surface area contributed by atoms with Crippen LogP contribution in [0.4, 0.5) is 0 Å². The van der Waals surface area contributed by atoms with E-state index < -0.39 is 0 Å². The van der Waals surface area contributed by atoms with Gasteiger partial charge in [0.2, 0.25) is 0 Å². The lowest BCUT2D eigenvalue weighted by molar-refractivity contribution is 0.0599. The van der Waals surface area contributed by atoms with Crippen LogP contribution in [0.15, 0.2) is 18.8 Å². The van der Waals surface area contributed by atoms with Crippen molar-refractivity contribution in [3.63, 3.8) is 0 Å². The fourth-order valence-corrected chi connectivity index (χ4v) is 1.12. The van der Waals surface area contributed by atoms with Crippen LogP contribution in [0, 0.1) is 6.92 Å². The molecular weight excluding hydrogens is 166 g/mol. The fraction of sp³-hybridized carbons (Fsp3) is 0.200. The zero-order chi connectivity index (χ0) is 9.84. The SMILES string of the molecule is C=Cc1ccnc(C)c1C(=O)OC. The number of ether oxygens (including phenoxy) is 1. The van der Waals surface area contributed by atoms with Crippen molar-refractivity contribution in [3.05, 3.63) is 35.7 Å². The van der Waals surface area contributed by atoms with E-state index in [9.17, 15) is 4.79 Å². The van der Waals surface area contributed by atoms with Crippen molar-refractivity contribution in [1.82, 2.24) is 4.98 Å². The summed E-state index contributed by atoms with van der Waals surface area (Å²) in [5.41, 5.74) is 1.89. The Kier molecular flexibility index (Phi) is 2.80. The second kappa shape index (κ2) is 3.85. The van der Waals surface area contributed by atoms with Gasteiger partial charge in [0.1, 0.15) is 0 Å². The van der Waals surface area contributed by atoms with Gasteiger partial charge in [-0.15, -0.1) is 0 Å². The molecule has 1 aromatic heterocycles. The first-order chi connectivity index (χ1) is 6.20. The van der Waals surface area contributed by atoms with E-state index in [2.05, 4.69) is 16.3 Å². The molecule has 0 aromatic carbocycles. The highest BCUT2D eigenvalue weighted by molar-refractivity contribution is 5.94. The Morgan fingerprint density at radius 3 is 2.92 bits per heavy atom. The maximum atomic E-state index is 11.3. The second-order valence-corrected chi connectivity index (χ2v) is 2.56. The minimum absolute atomic E-state index is 0.375. The van der Waals surface area contributed by atoms with Gasteiger partial charge in [-0.05, 0) is 18.6 Å². The Hall–Kier alpha value is -1.64. The normalized spacial score (nSPS) is 9.38. The van der Waals surface area contributed by atoms with Crippen LogP contribution < -0.4 is 0 Å². The predicted octanol–water partition coefficient (Wildman–Crippen LogP) is 1.82. The first-order valence-electron chi connectivity index (χ1n) is 3.87. The molecule has 1 heterocycles. The highest BCUT2D eigenvalue weighted by atomic mass is 16.5. The Morgan fingerprint density at radius 2 is 2.38 bits per heavy atom. The van der Waals surface area contributed by atoms with Crippen molar-refractivity contribution < 1.29 is 9.53 Å². The topological polar surface area (TPSA) is 39.2 Å². The average Bonchev–Trinajstić information content (AvgIpc) is 2.16. The number of hydrogen-bond donors (Lipinski definition) is 0. The molecule has 1 rings (SSSR count). The zero-order valence-electron chi connectivity index (χ0n) is 7.70. The summed E-state index contributed by atoms with van der Waals surface area (Å²) >= 11 is 0. The van der Waals surface area contributed by atoms with Crippen LogP contribution in [0.25, 0.3) is 6.08 Å². The third-order valence-corrected chi connectivity index (χ3v) is 1.78. The van der Waals surface area contributed by atoms with E-state index in [-0.39, 0.29) is 5.97 Å². The van der Waals surface area contributed by atoms with Crippen molar-refractivity contribution in [1.29, 1.82) is 0 Å². The number of aryl methyl sites for hydroxylation is 1. The van der Waals surface area contributed by atoms with Crippen LogP contribution in [0.1, 0.15) is 21.6 Å². The number of rotatable bonds is 2. The van der Waals surface area contributed by atoms with Crippen molar-refractivity contribution in [3.8, 4) is 0 Å². The van der Waals surface area contributed by atoms with Gasteiger partial charge in [0.15, 0.2) is 0 Å². The largest absolute Gasteiger partial charge is 0.465 e. The Bertz CT molecular complexity index is 345. The minimum Gasteiger partial charge on any atom is -0.465 e. The van der Waals surface area contributed by atoms with Crippen LogP contribution in [0.5, 0.6) is 0 Å². The maximum Gasteiger partial charge on any atom is 0.340 e. The van der Waals surface area contributed by atoms with Gasteiger partial charge in [-0.2, -0.15) is 0 Å². The molecule has 0 aliphatic rings. The number of methoxy groups -OCH3 is 1. The third kappa shape index (κ3) is 1.75. The molecule has 68 valence electrons. The highest BCUT2D eigenvalue weighted by Crippen LogP contribution is 2.13. The fourth-order valence-electron chi connectivity index (χ4n) is 1.12. The van der Waals surface area contributed by atoms with Gasteiger partial charge in [0.25, 0.3) is 0 Å². The highest BCUT2D eigenvalue weighted by Gasteiger charge is 2.13. The summed E-state index contributed by atoms with van der Waals surface area (Å²) in [6.45, 7) is 5.38. The van der Waals surface area contributed by atoms with E-state index in [0.717, 1.165) is 5.56 Å². The first-order valence-corrected chi connectivity index (χ1v) is 3.87. The van der Waals surface area contributed by atoms with Crippen molar-refractivity contribution in [2.45, 2.75) is 6.92 Å². The lowest BCUT2D eigenvalue weighted by atomic mass is 10.1. The first kappa shape index (κ1) is 9.45. The number of carbonyl (C=O) groups is 1. The van der Waals surface area contributed by atoms with Gasteiger partial charge in [0, 0.05) is 6.20 Å². The lowest BCUT2D eigenvalue weighted by Gasteiger charge is -2.05. The monoisotopic (exact) mass is 177 g/mol. The molecule has 0 spiro atoms. The van der Waals surface area contributed by atoms with E-state index in [1.165, 1.54) is 7.11 Å². The quantitative estimate of drug-likeness (QED) is 0.647. The summed E-state index contributed by atoms with van der Waals surface area (Å²) in [5, 5.41) is 0. The smallest absolute Gasteiger partial charge is 0.340 e. The molecule has 0 atom stereocenters. The van der Waals surface area contributed by atoms with Gasteiger partial charge in [0.05, 0.1) is 18.4 Å². The van der Waals surface area contributed by atoms with Crippen molar-refractivity contribution >= 4 is 12.0 Å². The van der Waals surface area contributed by atoms with Crippen molar-refractivity contribution in [2.75, 3.05) is 7.11 Å². The molecule has 0 unspecified atom stereocenters. The molecule has 3 nitrogen and oxygen atoms in total. The summed E-state index contributed by atoms with van der Waals surface area (Å²) in [5.74, 6) is -0.375. The summed E-state index contributed by atoms with van der Waals surface area (Å²) in [6, 6.07) is 1.73. The van der Waals surface area contributed by atoms with Gasteiger partial charge in [-0.25, -0.2) is 4.79 Å². The summed E-state index contributed by atoms with van der Waals surface area (Å²) in [6.07, 6.45) is 3.25. The number of aromatic nitrogens is 1. The third-order valence-electron chi connectivity index (χ3n) is 1.78. The van der Waals surface area contributed by atoms with Crippen LogP contribution in [0.2, 0.25) is 0 Å². The Balaban J connectivity index is 3.30. The van der Waals surface area contributed by atoms with E-state index in [4.69, 9.17) is 0 Å². The van der Waals surface area contributed by atoms with Crippen LogP contribution >= 0.6 is 0 Å². The van der Waals surface area contributed by atoms with Crippen molar-refractivity contribution in [2.24, 2.45) is 0 Å². The molecule has 0 radical (unpaired) electrons. The van der Waals surface area contributed by atoms with Gasteiger partial charge >= 0.3 is 5.97 Å². The summed E-state index contributed by atoms with van der Waals surface area (Å²) in [7, 11) is 1.35. The number of esters is 1. The van der Waals surface area contributed by atoms with Gasteiger partial charge in [-0.3, -0.25) is 4.98 Å². The van der Waals surface area contributed by atoms with E-state index in [1.807, 2.05) is 0 Å². The van der Waals surface area contributed by atoms with Crippen LogP contribution in [-0.2, 0) is 4.74 Å². The molecule has 0 aliphatic carbocycles. The van der Waals surface area contributed by atoms with E-state index >= 15 is 0 Å². The maximum absolute atomic E-state index is 11.3. The molecule has 0 saturated carbocycles. The van der Waals surface area contributed by atoms with Crippen LogP contribution in [-0.4, -0.2) is 18.1 Å². The zero-order valence-corrected chi connectivity index (χ0v) is 7.70. The van der Waals surface area contributed by atoms with Gasteiger partial charge in [-0.1, -0.05) is 12.7 Å². The number of carbonyl (C=O) groups excluding carboxylic acids is 1. The lowest BCUT2D eigenvalue weighted by Crippen LogP contribution is -2.07. The Labute approximate surface area is 77.1 Å². The molecule has 1 aromatic rings. The molecule has 0 amide bonds. The number of hydrogen-bond acceptors (Lipinski definition) is 3. The second-order valence-electron chi connectivity index (χ2n) is 2.56. The minimum atomic E-state index is -0.375. The molecular formula is C10H11NO2. The van der Waals surface area contributed by atoms with Crippen LogP contribution in [0.3, 0.4) is 0 Å². The molecule has 3 heteroatoms. The molecule has 0 N–H and O–H groups in total. The van der Waals surface area contributed by atoms with E-state index in [1.54, 1.807) is 25.3 Å². The van der Waals surface area contributed by atoms with E-state index in [0.29, 0.717) is 11.3 Å². The number of pyridine rings is 1. The molecule has 0 aliphatic heterocycles. The molecule has 0 fully saturated rings. The summed E-state index contributed by atoms with van der Waals surface area (Å²) < 4.78 is 4.63. The predicted molar refractivity (Wildman–Crippen MR) is 50.4 cm³/mol.